The summed E-state index contributed by atoms with van der Waals surface area (Å²) in [5, 5.41) is 11.0. The Morgan fingerprint density at radius 1 is 0.958 bits per heavy atom. The number of carboxylic acid groups (broad SMARTS) is 1. The van der Waals surface area contributed by atoms with Gasteiger partial charge in [0.05, 0.1) is 6.61 Å². The van der Waals surface area contributed by atoms with Crippen LogP contribution in [0.3, 0.4) is 0 Å². The van der Waals surface area contributed by atoms with E-state index in [1.54, 1.807) is 0 Å². The second-order valence-corrected chi connectivity index (χ2v) is 5.98. The van der Waals surface area contributed by atoms with Gasteiger partial charge in [-0.2, -0.15) is 4.99 Å². The molecular weight excluding hydrogens is 308 g/mol. The molecule has 0 aliphatic carbocycles. The van der Waals surface area contributed by atoms with Gasteiger partial charge >= 0.3 is 12.2 Å². The first-order valence-corrected chi connectivity index (χ1v) is 9.33. The van der Waals surface area contributed by atoms with Crippen molar-refractivity contribution in [3.8, 4) is 0 Å². The quantitative estimate of drug-likeness (QED) is 0.318. The minimum atomic E-state index is -1.16. The molecule has 0 aliphatic rings. The predicted octanol–water partition coefficient (Wildman–Crippen LogP) is 5.16. The van der Waals surface area contributed by atoms with E-state index in [0.717, 1.165) is 32.1 Å². The SMILES string of the molecule is CCCCCCCCCCOC(=O)NCCCCCC=NC(=O)O. The van der Waals surface area contributed by atoms with Crippen LogP contribution in [0, 0.1) is 0 Å². The van der Waals surface area contributed by atoms with Gasteiger partial charge < -0.3 is 15.2 Å². The van der Waals surface area contributed by atoms with Gasteiger partial charge in [-0.25, -0.2) is 9.59 Å². The molecule has 2 N–H and O–H groups in total. The van der Waals surface area contributed by atoms with Gasteiger partial charge in [-0.15, -0.1) is 0 Å². The highest BCUT2D eigenvalue weighted by atomic mass is 16.5. The maximum absolute atomic E-state index is 11.4. The smallest absolute Gasteiger partial charge is 0.430 e. The van der Waals surface area contributed by atoms with Crippen LogP contribution in [0.4, 0.5) is 9.59 Å². The van der Waals surface area contributed by atoms with Crippen molar-refractivity contribution < 1.29 is 19.4 Å². The maximum Gasteiger partial charge on any atom is 0.430 e. The lowest BCUT2D eigenvalue weighted by atomic mass is 10.1. The van der Waals surface area contributed by atoms with E-state index < -0.39 is 6.09 Å². The van der Waals surface area contributed by atoms with Crippen LogP contribution in [-0.4, -0.2) is 36.7 Å². The molecule has 24 heavy (non-hydrogen) atoms. The number of ether oxygens (including phenoxy) is 1. The van der Waals surface area contributed by atoms with Crippen LogP contribution in [-0.2, 0) is 4.74 Å². The van der Waals surface area contributed by atoms with Gasteiger partial charge in [-0.05, 0) is 25.7 Å². The molecule has 0 heterocycles. The summed E-state index contributed by atoms with van der Waals surface area (Å²) in [5.41, 5.74) is 0. The Labute approximate surface area is 146 Å². The summed E-state index contributed by atoms with van der Waals surface area (Å²) in [6.07, 6.45) is 13.0. The third-order valence-corrected chi connectivity index (χ3v) is 3.71. The summed E-state index contributed by atoms with van der Waals surface area (Å²) in [6, 6.07) is 0. The van der Waals surface area contributed by atoms with Crippen molar-refractivity contribution in [3.05, 3.63) is 0 Å². The van der Waals surface area contributed by atoms with Gasteiger partial charge in [-0.1, -0.05) is 58.3 Å². The van der Waals surface area contributed by atoms with Crippen LogP contribution in [0.2, 0.25) is 0 Å². The van der Waals surface area contributed by atoms with Crippen molar-refractivity contribution >= 4 is 18.4 Å². The van der Waals surface area contributed by atoms with Crippen molar-refractivity contribution in [1.82, 2.24) is 5.32 Å². The molecule has 6 heteroatoms. The van der Waals surface area contributed by atoms with Gasteiger partial charge in [0, 0.05) is 12.8 Å². The molecule has 0 radical (unpaired) electrons. The third-order valence-electron chi connectivity index (χ3n) is 3.71. The van der Waals surface area contributed by atoms with Crippen LogP contribution < -0.4 is 5.32 Å². The van der Waals surface area contributed by atoms with Crippen LogP contribution in [0.15, 0.2) is 4.99 Å². The van der Waals surface area contributed by atoms with E-state index >= 15 is 0 Å². The minimum absolute atomic E-state index is 0.342. The standard InChI is InChI=1S/C18H34N2O4/c1-2-3-4-5-6-7-10-13-16-24-18(23)20-15-12-9-8-11-14-19-17(21)22/h14H,2-13,15-16H2,1H3,(H,20,23)(H,21,22). The third kappa shape index (κ3) is 18.5. The zero-order valence-electron chi connectivity index (χ0n) is 15.1. The van der Waals surface area contributed by atoms with Gasteiger partial charge in [0.2, 0.25) is 0 Å². The molecule has 2 amide bonds. The number of alkyl carbamates (subject to hydrolysis) is 1. The second-order valence-electron chi connectivity index (χ2n) is 5.98. The Balaban J connectivity index is 3.23. The van der Waals surface area contributed by atoms with E-state index in [0.29, 0.717) is 19.6 Å². The molecule has 6 nitrogen and oxygen atoms in total. The normalized spacial score (nSPS) is 10.9. The van der Waals surface area contributed by atoms with Gasteiger partial charge in [-0.3, -0.25) is 0 Å². The van der Waals surface area contributed by atoms with Crippen molar-refractivity contribution in [3.63, 3.8) is 0 Å². The molecule has 0 aromatic carbocycles. The fraction of sp³-hybridized carbons (Fsp3) is 0.833. The van der Waals surface area contributed by atoms with Crippen molar-refractivity contribution in [2.75, 3.05) is 13.2 Å². The average molecular weight is 342 g/mol. The Kier molecular flexibility index (Phi) is 16.6. The molecule has 0 rings (SSSR count). The number of carbonyl (C=O) groups excluding carboxylic acids is 1. The number of hydrogen-bond donors (Lipinski definition) is 2. The summed E-state index contributed by atoms with van der Waals surface area (Å²) < 4.78 is 5.12. The second kappa shape index (κ2) is 17.8. The lowest BCUT2D eigenvalue weighted by Crippen LogP contribution is -2.25. The number of aliphatic imine (C=N–C) groups is 1. The summed E-state index contributed by atoms with van der Waals surface area (Å²) in [4.78, 5) is 24.8. The van der Waals surface area contributed by atoms with E-state index in [4.69, 9.17) is 9.84 Å². The Morgan fingerprint density at radius 3 is 2.25 bits per heavy atom. The van der Waals surface area contributed by atoms with Crippen LogP contribution in [0.5, 0.6) is 0 Å². The van der Waals surface area contributed by atoms with Crippen molar-refractivity contribution in [1.29, 1.82) is 0 Å². The molecule has 0 saturated heterocycles. The summed E-state index contributed by atoms with van der Waals surface area (Å²) in [5.74, 6) is 0. The Hall–Kier alpha value is -1.59. The van der Waals surface area contributed by atoms with Crippen LogP contribution in [0.25, 0.3) is 0 Å². The molecule has 0 aliphatic heterocycles. The first-order valence-electron chi connectivity index (χ1n) is 9.33. The number of hydrogen-bond acceptors (Lipinski definition) is 3. The van der Waals surface area contributed by atoms with E-state index in [-0.39, 0.29) is 6.09 Å². The lowest BCUT2D eigenvalue weighted by molar-refractivity contribution is 0.143. The predicted molar refractivity (Wildman–Crippen MR) is 96.9 cm³/mol. The molecule has 140 valence electrons. The van der Waals surface area contributed by atoms with E-state index in [9.17, 15) is 9.59 Å². The van der Waals surface area contributed by atoms with Gasteiger partial charge in [0.15, 0.2) is 0 Å². The summed E-state index contributed by atoms with van der Waals surface area (Å²) >= 11 is 0. The number of unbranched alkanes of at least 4 members (excludes halogenated alkanes) is 10. The number of amides is 2. The highest BCUT2D eigenvalue weighted by molar-refractivity contribution is 5.77. The number of nitrogens with zero attached hydrogens (tertiary/aromatic N) is 1. The molecule has 0 spiro atoms. The van der Waals surface area contributed by atoms with Crippen molar-refractivity contribution in [2.24, 2.45) is 4.99 Å². The molecule has 0 bridgehead atoms. The van der Waals surface area contributed by atoms with Crippen LogP contribution >= 0.6 is 0 Å². The largest absolute Gasteiger partial charge is 0.463 e. The number of carbonyl (C=O) groups is 2. The molecule has 0 fully saturated rings. The Morgan fingerprint density at radius 2 is 1.58 bits per heavy atom. The van der Waals surface area contributed by atoms with E-state index in [2.05, 4.69) is 17.2 Å². The molecule has 0 unspecified atom stereocenters. The van der Waals surface area contributed by atoms with Gasteiger partial charge in [0.1, 0.15) is 0 Å². The minimum Gasteiger partial charge on any atom is -0.463 e. The fourth-order valence-corrected chi connectivity index (χ4v) is 2.32. The average Bonchev–Trinajstić information content (AvgIpc) is 2.55. The molecular formula is C18H34N2O4. The summed E-state index contributed by atoms with van der Waals surface area (Å²) in [7, 11) is 0. The first-order chi connectivity index (χ1) is 11.7. The molecule has 0 saturated carbocycles. The Bertz CT molecular complexity index is 346. The molecule has 0 atom stereocenters. The summed E-state index contributed by atoms with van der Waals surface area (Å²) in [6.45, 7) is 3.30. The zero-order chi connectivity index (χ0) is 17.9. The van der Waals surface area contributed by atoms with Gasteiger partial charge in [0.25, 0.3) is 0 Å². The maximum atomic E-state index is 11.4. The monoisotopic (exact) mass is 342 g/mol. The zero-order valence-corrected chi connectivity index (χ0v) is 15.1. The highest BCUT2D eigenvalue weighted by Crippen LogP contribution is 2.08. The lowest BCUT2D eigenvalue weighted by Gasteiger charge is -2.07. The van der Waals surface area contributed by atoms with E-state index in [1.807, 2.05) is 0 Å². The fourth-order valence-electron chi connectivity index (χ4n) is 2.32. The first kappa shape index (κ1) is 22.4. The van der Waals surface area contributed by atoms with E-state index in [1.165, 1.54) is 44.7 Å². The topological polar surface area (TPSA) is 88.0 Å². The van der Waals surface area contributed by atoms with Crippen molar-refractivity contribution in [2.45, 2.75) is 84.0 Å². The highest BCUT2D eigenvalue weighted by Gasteiger charge is 2.00. The van der Waals surface area contributed by atoms with Crippen LogP contribution in [0.1, 0.15) is 84.0 Å². The molecule has 0 aromatic rings. The number of rotatable bonds is 15. The number of nitrogens with one attached hydrogen (secondary N) is 1. The molecule has 0 aromatic heterocycles.